The fourth-order valence-corrected chi connectivity index (χ4v) is 1.88. The SMILES string of the molecule is CCPCC(=O)[C@@H](N)Cc1cnc[nH]1. The summed E-state index contributed by atoms with van der Waals surface area (Å²) < 4.78 is 0. The fraction of sp³-hybridized carbons (Fsp3) is 0.556. The summed E-state index contributed by atoms with van der Waals surface area (Å²) in [5.74, 6) is 0.153. The highest BCUT2D eigenvalue weighted by Gasteiger charge is 2.13. The van der Waals surface area contributed by atoms with Crippen molar-refractivity contribution < 1.29 is 4.79 Å². The molecular weight excluding hydrogens is 197 g/mol. The molecule has 1 unspecified atom stereocenters. The molecule has 0 aromatic carbocycles. The predicted octanol–water partition coefficient (Wildman–Crippen LogP) is 0.547. The molecule has 0 amide bonds. The Morgan fingerprint density at radius 2 is 2.57 bits per heavy atom. The van der Waals surface area contributed by atoms with Gasteiger partial charge in [-0.05, 0) is 6.16 Å². The van der Waals surface area contributed by atoms with Crippen molar-refractivity contribution >= 4 is 14.4 Å². The summed E-state index contributed by atoms with van der Waals surface area (Å²) in [6.45, 7) is 2.08. The van der Waals surface area contributed by atoms with Crippen LogP contribution in [-0.2, 0) is 11.2 Å². The molecule has 14 heavy (non-hydrogen) atoms. The van der Waals surface area contributed by atoms with Gasteiger partial charge in [0.1, 0.15) is 0 Å². The number of aromatic amines is 1. The molecule has 0 saturated heterocycles. The minimum Gasteiger partial charge on any atom is -0.348 e. The second kappa shape index (κ2) is 5.89. The Hall–Kier alpha value is -0.730. The summed E-state index contributed by atoms with van der Waals surface area (Å²) in [5.41, 5.74) is 6.68. The molecular formula is C9H16N3OP. The van der Waals surface area contributed by atoms with Gasteiger partial charge in [-0.25, -0.2) is 4.98 Å². The number of hydrogen-bond acceptors (Lipinski definition) is 3. The van der Waals surface area contributed by atoms with Gasteiger partial charge in [-0.1, -0.05) is 6.92 Å². The number of imidazole rings is 1. The van der Waals surface area contributed by atoms with Crippen LogP contribution < -0.4 is 5.73 Å². The van der Waals surface area contributed by atoms with Gasteiger partial charge in [-0.3, -0.25) is 4.79 Å². The average Bonchev–Trinajstić information content (AvgIpc) is 2.66. The smallest absolute Gasteiger partial charge is 0.153 e. The molecule has 0 aliphatic rings. The van der Waals surface area contributed by atoms with Crippen LogP contribution in [0, 0.1) is 0 Å². The van der Waals surface area contributed by atoms with Crippen LogP contribution in [0.3, 0.4) is 0 Å². The Labute approximate surface area is 85.5 Å². The van der Waals surface area contributed by atoms with Crippen LogP contribution in [0.4, 0.5) is 0 Å². The van der Waals surface area contributed by atoms with Crippen LogP contribution in [0.15, 0.2) is 12.5 Å². The van der Waals surface area contributed by atoms with Crippen molar-refractivity contribution in [1.29, 1.82) is 0 Å². The minimum absolute atomic E-state index is 0.153. The molecule has 0 aliphatic carbocycles. The van der Waals surface area contributed by atoms with Crippen molar-refractivity contribution in [1.82, 2.24) is 9.97 Å². The summed E-state index contributed by atoms with van der Waals surface area (Å²) >= 11 is 0. The number of nitrogens with two attached hydrogens (primary N) is 1. The molecule has 0 bridgehead atoms. The first-order chi connectivity index (χ1) is 6.74. The van der Waals surface area contributed by atoms with E-state index in [-0.39, 0.29) is 11.8 Å². The number of aromatic nitrogens is 2. The maximum absolute atomic E-state index is 11.5. The van der Waals surface area contributed by atoms with Gasteiger partial charge < -0.3 is 10.7 Å². The first-order valence-corrected chi connectivity index (χ1v) is 6.11. The van der Waals surface area contributed by atoms with Crippen molar-refractivity contribution in [3.8, 4) is 0 Å². The first kappa shape index (κ1) is 11.3. The highest BCUT2D eigenvalue weighted by atomic mass is 31.1. The highest BCUT2D eigenvalue weighted by molar-refractivity contribution is 7.39. The Morgan fingerprint density at radius 1 is 1.79 bits per heavy atom. The third kappa shape index (κ3) is 3.56. The standard InChI is InChI=1S/C9H16N3OP/c1-2-14-5-9(13)8(10)3-7-4-11-6-12-7/h4,6,8,14H,2-3,5,10H2,1H3,(H,11,12)/t8-/m0/s1. The number of rotatable bonds is 6. The number of H-pyrrole nitrogens is 1. The van der Waals surface area contributed by atoms with E-state index in [4.69, 9.17) is 5.73 Å². The van der Waals surface area contributed by atoms with E-state index in [0.29, 0.717) is 21.2 Å². The Balaban J connectivity index is 2.34. The van der Waals surface area contributed by atoms with Crippen molar-refractivity contribution in [2.24, 2.45) is 5.73 Å². The number of hydrogen-bond donors (Lipinski definition) is 2. The van der Waals surface area contributed by atoms with E-state index in [1.807, 2.05) is 0 Å². The molecule has 0 radical (unpaired) electrons. The summed E-state index contributed by atoms with van der Waals surface area (Å²) in [6, 6.07) is -0.380. The topological polar surface area (TPSA) is 71.8 Å². The highest BCUT2D eigenvalue weighted by Crippen LogP contribution is 2.09. The number of Topliss-reactive ketones (excluding diaryl/α,β-unsaturated/α-hetero) is 1. The van der Waals surface area contributed by atoms with Gasteiger partial charge in [0.2, 0.25) is 0 Å². The molecule has 0 fully saturated rings. The summed E-state index contributed by atoms with van der Waals surface area (Å²) in [6.07, 6.45) is 5.54. The van der Waals surface area contributed by atoms with Gasteiger partial charge in [-0.2, -0.15) is 0 Å². The molecule has 1 rings (SSSR count). The van der Waals surface area contributed by atoms with Crippen LogP contribution in [0.2, 0.25) is 0 Å². The lowest BCUT2D eigenvalue weighted by molar-refractivity contribution is -0.117. The zero-order valence-electron chi connectivity index (χ0n) is 8.29. The lowest BCUT2D eigenvalue weighted by Crippen LogP contribution is -2.34. The van der Waals surface area contributed by atoms with E-state index in [0.717, 1.165) is 11.9 Å². The number of carbonyl (C=O) groups excluding carboxylic acids is 1. The minimum atomic E-state index is -0.380. The largest absolute Gasteiger partial charge is 0.348 e. The van der Waals surface area contributed by atoms with Gasteiger partial charge in [0.15, 0.2) is 5.78 Å². The van der Waals surface area contributed by atoms with E-state index in [9.17, 15) is 4.79 Å². The molecule has 78 valence electrons. The summed E-state index contributed by atoms with van der Waals surface area (Å²) in [7, 11) is 0.701. The van der Waals surface area contributed by atoms with E-state index >= 15 is 0 Å². The van der Waals surface area contributed by atoms with Crippen LogP contribution in [-0.4, -0.2) is 34.1 Å². The third-order valence-corrected chi connectivity index (χ3v) is 3.06. The maximum Gasteiger partial charge on any atom is 0.153 e. The van der Waals surface area contributed by atoms with Gasteiger partial charge in [0.25, 0.3) is 0 Å². The van der Waals surface area contributed by atoms with Crippen molar-refractivity contribution in [3.05, 3.63) is 18.2 Å². The van der Waals surface area contributed by atoms with E-state index < -0.39 is 0 Å². The molecule has 1 heterocycles. The van der Waals surface area contributed by atoms with E-state index in [1.54, 1.807) is 12.5 Å². The second-order valence-electron chi connectivity index (χ2n) is 3.13. The number of ketones is 1. The van der Waals surface area contributed by atoms with Gasteiger partial charge in [0.05, 0.1) is 12.4 Å². The number of nitrogens with zero attached hydrogens (tertiary/aromatic N) is 1. The van der Waals surface area contributed by atoms with E-state index in [2.05, 4.69) is 16.9 Å². The molecule has 0 saturated carbocycles. The molecule has 0 aliphatic heterocycles. The zero-order valence-corrected chi connectivity index (χ0v) is 9.29. The van der Waals surface area contributed by atoms with Crippen molar-refractivity contribution in [2.45, 2.75) is 19.4 Å². The first-order valence-electron chi connectivity index (χ1n) is 4.70. The van der Waals surface area contributed by atoms with Gasteiger partial charge >= 0.3 is 0 Å². The monoisotopic (exact) mass is 213 g/mol. The van der Waals surface area contributed by atoms with Crippen LogP contribution in [0.5, 0.6) is 0 Å². The van der Waals surface area contributed by atoms with Crippen molar-refractivity contribution in [2.75, 3.05) is 12.3 Å². The van der Waals surface area contributed by atoms with Gasteiger partial charge in [-0.15, -0.1) is 8.58 Å². The zero-order chi connectivity index (χ0) is 10.4. The lowest BCUT2D eigenvalue weighted by atomic mass is 10.1. The maximum atomic E-state index is 11.5. The molecule has 1 aromatic rings. The van der Waals surface area contributed by atoms with E-state index in [1.165, 1.54) is 0 Å². The average molecular weight is 213 g/mol. The van der Waals surface area contributed by atoms with Crippen LogP contribution >= 0.6 is 8.58 Å². The molecule has 1 aromatic heterocycles. The normalized spacial score (nSPS) is 13.6. The van der Waals surface area contributed by atoms with Crippen molar-refractivity contribution in [3.63, 3.8) is 0 Å². The Morgan fingerprint density at radius 3 is 3.14 bits per heavy atom. The second-order valence-corrected chi connectivity index (χ2v) is 4.69. The molecule has 2 atom stereocenters. The molecule has 5 heteroatoms. The Bertz CT molecular complexity index is 274. The molecule has 4 nitrogen and oxygen atoms in total. The van der Waals surface area contributed by atoms with Crippen LogP contribution in [0.1, 0.15) is 12.6 Å². The third-order valence-electron chi connectivity index (χ3n) is 1.96. The molecule has 3 N–H and O–H groups in total. The summed E-state index contributed by atoms with van der Waals surface area (Å²) in [4.78, 5) is 18.3. The van der Waals surface area contributed by atoms with Crippen LogP contribution in [0.25, 0.3) is 0 Å². The quantitative estimate of drug-likeness (QED) is 0.678. The summed E-state index contributed by atoms with van der Waals surface area (Å²) in [5, 5.41) is 0. The Kier molecular flexibility index (Phi) is 4.77. The number of carbonyl (C=O) groups is 1. The molecule has 0 spiro atoms. The predicted molar refractivity (Wildman–Crippen MR) is 59.0 cm³/mol. The van der Waals surface area contributed by atoms with Gasteiger partial charge in [0, 0.05) is 24.5 Å². The number of nitrogens with one attached hydrogen (secondary N) is 1. The fourth-order valence-electron chi connectivity index (χ4n) is 1.13. The lowest BCUT2D eigenvalue weighted by Gasteiger charge is -2.08.